The maximum Gasteiger partial charge on any atom is 0.308 e. The highest BCUT2D eigenvalue weighted by Gasteiger charge is 2.22. The second-order valence-electron chi connectivity index (χ2n) is 4.37. The first-order valence-corrected chi connectivity index (χ1v) is 5.75. The summed E-state index contributed by atoms with van der Waals surface area (Å²) in [6.45, 7) is 3.89. The van der Waals surface area contributed by atoms with Gasteiger partial charge in [0.25, 0.3) is 5.91 Å². The van der Waals surface area contributed by atoms with E-state index in [4.69, 9.17) is 15.3 Å². The lowest BCUT2D eigenvalue weighted by Gasteiger charge is -2.16. The molecule has 6 heteroatoms. The van der Waals surface area contributed by atoms with Crippen molar-refractivity contribution < 1.29 is 19.1 Å². The number of amides is 1. The van der Waals surface area contributed by atoms with E-state index in [0.717, 1.165) is 0 Å². The van der Waals surface area contributed by atoms with E-state index < -0.39 is 17.8 Å². The van der Waals surface area contributed by atoms with Crippen molar-refractivity contribution >= 4 is 11.9 Å². The molecule has 6 nitrogen and oxygen atoms in total. The Balaban J connectivity index is 2.57. The van der Waals surface area contributed by atoms with E-state index in [2.05, 4.69) is 5.32 Å². The fourth-order valence-electron chi connectivity index (χ4n) is 1.51. The van der Waals surface area contributed by atoms with Gasteiger partial charge in [-0.2, -0.15) is 0 Å². The van der Waals surface area contributed by atoms with Crippen molar-refractivity contribution in [3.05, 3.63) is 23.7 Å². The van der Waals surface area contributed by atoms with Crippen molar-refractivity contribution in [1.82, 2.24) is 5.32 Å². The first-order valence-electron chi connectivity index (χ1n) is 5.75. The van der Waals surface area contributed by atoms with E-state index in [1.807, 2.05) is 0 Å². The summed E-state index contributed by atoms with van der Waals surface area (Å²) in [4.78, 5) is 22.6. The van der Waals surface area contributed by atoms with E-state index in [-0.39, 0.29) is 24.8 Å². The van der Waals surface area contributed by atoms with Crippen molar-refractivity contribution in [3.63, 3.8) is 0 Å². The van der Waals surface area contributed by atoms with Crippen LogP contribution in [0, 0.1) is 11.8 Å². The molecule has 4 N–H and O–H groups in total. The predicted molar refractivity (Wildman–Crippen MR) is 64.9 cm³/mol. The zero-order chi connectivity index (χ0) is 13.7. The largest absolute Gasteiger partial charge is 0.481 e. The third-order valence-corrected chi connectivity index (χ3v) is 2.69. The molecule has 0 bridgehead atoms. The lowest BCUT2D eigenvalue weighted by Crippen LogP contribution is -2.35. The zero-order valence-corrected chi connectivity index (χ0v) is 10.5. The number of carboxylic acids is 1. The van der Waals surface area contributed by atoms with E-state index in [1.165, 1.54) is 6.07 Å². The third kappa shape index (κ3) is 3.59. The van der Waals surface area contributed by atoms with Gasteiger partial charge in [-0.3, -0.25) is 9.59 Å². The molecule has 1 aromatic heterocycles. The van der Waals surface area contributed by atoms with Gasteiger partial charge in [-0.15, -0.1) is 0 Å². The number of hydrogen-bond acceptors (Lipinski definition) is 4. The Kier molecular flexibility index (Phi) is 4.91. The molecule has 0 saturated heterocycles. The number of carboxylic acid groups (broad SMARTS) is 1. The van der Waals surface area contributed by atoms with Gasteiger partial charge in [-0.25, -0.2) is 0 Å². The van der Waals surface area contributed by atoms with Crippen LogP contribution in [0.3, 0.4) is 0 Å². The molecule has 18 heavy (non-hydrogen) atoms. The summed E-state index contributed by atoms with van der Waals surface area (Å²) in [7, 11) is 0. The van der Waals surface area contributed by atoms with Crippen LogP contribution in [0.2, 0.25) is 0 Å². The number of furan rings is 1. The van der Waals surface area contributed by atoms with Gasteiger partial charge in [0.05, 0.1) is 12.5 Å². The summed E-state index contributed by atoms with van der Waals surface area (Å²) in [5.74, 6) is -1.37. The molecular weight excluding hydrogens is 236 g/mol. The van der Waals surface area contributed by atoms with Crippen LogP contribution in [0.5, 0.6) is 0 Å². The number of nitrogens with two attached hydrogens (primary N) is 1. The summed E-state index contributed by atoms with van der Waals surface area (Å²) in [5.41, 5.74) is 5.36. The minimum atomic E-state index is -0.924. The van der Waals surface area contributed by atoms with Gasteiger partial charge in [0.1, 0.15) is 5.76 Å². The number of rotatable bonds is 6. The van der Waals surface area contributed by atoms with E-state index in [9.17, 15) is 9.59 Å². The van der Waals surface area contributed by atoms with E-state index in [1.54, 1.807) is 19.9 Å². The van der Waals surface area contributed by atoms with Crippen molar-refractivity contribution in [1.29, 1.82) is 0 Å². The molecule has 0 aliphatic heterocycles. The van der Waals surface area contributed by atoms with Gasteiger partial charge in [-0.1, -0.05) is 13.8 Å². The molecule has 1 atom stereocenters. The molecule has 0 aliphatic carbocycles. The summed E-state index contributed by atoms with van der Waals surface area (Å²) < 4.78 is 5.16. The highest BCUT2D eigenvalue weighted by atomic mass is 16.4. The van der Waals surface area contributed by atoms with Gasteiger partial charge in [0, 0.05) is 6.54 Å². The summed E-state index contributed by atoms with van der Waals surface area (Å²) >= 11 is 0. The Bertz CT molecular complexity index is 425. The van der Waals surface area contributed by atoms with Crippen molar-refractivity contribution in [2.75, 3.05) is 6.54 Å². The van der Waals surface area contributed by atoms with Gasteiger partial charge in [0.15, 0.2) is 5.76 Å². The topological polar surface area (TPSA) is 106 Å². The van der Waals surface area contributed by atoms with Gasteiger partial charge in [-0.05, 0) is 18.1 Å². The van der Waals surface area contributed by atoms with Gasteiger partial charge in [0.2, 0.25) is 0 Å². The monoisotopic (exact) mass is 254 g/mol. The number of hydrogen-bond donors (Lipinski definition) is 3. The Morgan fingerprint density at radius 2 is 2.11 bits per heavy atom. The molecule has 0 fully saturated rings. The van der Waals surface area contributed by atoms with Crippen LogP contribution in [0.15, 0.2) is 16.5 Å². The normalized spacial score (nSPS) is 12.4. The SMILES string of the molecule is CC(C)C(CNC(=O)c1ccc(CN)o1)C(=O)O. The highest BCUT2D eigenvalue weighted by Crippen LogP contribution is 2.11. The Morgan fingerprint density at radius 1 is 1.44 bits per heavy atom. The van der Waals surface area contributed by atoms with Crippen molar-refractivity contribution in [3.8, 4) is 0 Å². The average molecular weight is 254 g/mol. The van der Waals surface area contributed by atoms with Crippen molar-refractivity contribution in [2.45, 2.75) is 20.4 Å². The lowest BCUT2D eigenvalue weighted by atomic mass is 9.96. The number of carbonyl (C=O) groups excluding carboxylic acids is 1. The van der Waals surface area contributed by atoms with E-state index >= 15 is 0 Å². The molecule has 100 valence electrons. The van der Waals surface area contributed by atoms with Crippen LogP contribution in [0.25, 0.3) is 0 Å². The Morgan fingerprint density at radius 3 is 2.56 bits per heavy atom. The average Bonchev–Trinajstić information content (AvgIpc) is 2.76. The summed E-state index contributed by atoms with van der Waals surface area (Å²) in [6, 6.07) is 3.13. The van der Waals surface area contributed by atoms with Crippen LogP contribution >= 0.6 is 0 Å². The molecule has 1 aromatic rings. The molecule has 0 aliphatic rings. The number of aliphatic carboxylic acids is 1. The highest BCUT2D eigenvalue weighted by molar-refractivity contribution is 5.91. The van der Waals surface area contributed by atoms with E-state index in [0.29, 0.717) is 5.76 Å². The molecule has 1 unspecified atom stereocenters. The summed E-state index contributed by atoms with van der Waals surface area (Å²) in [5, 5.41) is 11.5. The van der Waals surface area contributed by atoms with Crippen LogP contribution in [0.1, 0.15) is 30.2 Å². The molecular formula is C12H18N2O4. The minimum absolute atomic E-state index is 0.0565. The Hall–Kier alpha value is -1.82. The van der Waals surface area contributed by atoms with Crippen LogP contribution in [-0.2, 0) is 11.3 Å². The zero-order valence-electron chi connectivity index (χ0n) is 10.5. The third-order valence-electron chi connectivity index (χ3n) is 2.69. The molecule has 0 saturated carbocycles. The minimum Gasteiger partial charge on any atom is -0.481 e. The molecule has 1 amide bonds. The van der Waals surface area contributed by atoms with Crippen LogP contribution in [-0.4, -0.2) is 23.5 Å². The van der Waals surface area contributed by atoms with Gasteiger partial charge < -0.3 is 20.6 Å². The predicted octanol–water partition coefficient (Wildman–Crippen LogP) is 0.825. The van der Waals surface area contributed by atoms with Gasteiger partial charge >= 0.3 is 5.97 Å². The maximum absolute atomic E-state index is 11.7. The maximum atomic E-state index is 11.7. The quantitative estimate of drug-likeness (QED) is 0.697. The second-order valence-corrected chi connectivity index (χ2v) is 4.37. The van der Waals surface area contributed by atoms with Crippen molar-refractivity contribution in [2.24, 2.45) is 17.6 Å². The first-order chi connectivity index (χ1) is 8.45. The summed E-state index contributed by atoms with van der Waals surface area (Å²) in [6.07, 6.45) is 0. The molecule has 1 heterocycles. The molecule has 0 spiro atoms. The molecule has 0 radical (unpaired) electrons. The fourth-order valence-corrected chi connectivity index (χ4v) is 1.51. The smallest absolute Gasteiger partial charge is 0.308 e. The molecule has 1 rings (SSSR count). The first kappa shape index (κ1) is 14.2. The molecule has 0 aromatic carbocycles. The number of nitrogens with one attached hydrogen (secondary N) is 1. The fraction of sp³-hybridized carbons (Fsp3) is 0.500. The standard InChI is InChI=1S/C12H18N2O4/c1-7(2)9(12(16)17)6-14-11(15)10-4-3-8(5-13)18-10/h3-4,7,9H,5-6,13H2,1-2H3,(H,14,15)(H,16,17). The van der Waals surface area contributed by atoms with Crippen LogP contribution < -0.4 is 11.1 Å². The second kappa shape index (κ2) is 6.20. The Labute approximate surface area is 105 Å². The van der Waals surface area contributed by atoms with Crippen LogP contribution in [0.4, 0.5) is 0 Å². The number of carbonyl (C=O) groups is 2. The lowest BCUT2D eigenvalue weighted by molar-refractivity contribution is -0.142.